The molecule has 0 bridgehead atoms. The molecule has 0 fully saturated rings. The molecule has 16 heavy (non-hydrogen) atoms. The van der Waals surface area contributed by atoms with Crippen molar-refractivity contribution in [2.45, 2.75) is 12.1 Å². The van der Waals surface area contributed by atoms with Gasteiger partial charge in [-0.25, -0.2) is 0 Å². The molecule has 0 unspecified atom stereocenters. The van der Waals surface area contributed by atoms with E-state index in [2.05, 4.69) is 10.2 Å². The highest BCUT2D eigenvalue weighted by Crippen LogP contribution is 2.32. The van der Waals surface area contributed by atoms with Crippen LogP contribution in [0.5, 0.6) is 0 Å². The van der Waals surface area contributed by atoms with E-state index in [9.17, 15) is 13.2 Å². The first-order valence-corrected chi connectivity index (χ1v) is 5.01. The summed E-state index contributed by atoms with van der Waals surface area (Å²) in [5, 5.41) is 7.16. The fourth-order valence-electron chi connectivity index (χ4n) is 1.25. The Bertz CT molecular complexity index is 535. The fourth-order valence-corrected chi connectivity index (χ4v) is 1.67. The number of hydrogen-bond donors (Lipinski definition) is 0. The number of aromatic nitrogens is 3. The van der Waals surface area contributed by atoms with Crippen LogP contribution in [-0.2, 0) is 12.1 Å². The van der Waals surface area contributed by atoms with Gasteiger partial charge < -0.3 is 0 Å². The number of rotatable bonds is 1. The van der Waals surface area contributed by atoms with Crippen molar-refractivity contribution in [1.29, 1.82) is 0 Å². The Morgan fingerprint density at radius 2 is 2.00 bits per heavy atom. The topological polar surface area (TPSA) is 30.2 Å². The first-order valence-electron chi connectivity index (χ1n) is 4.10. The molecule has 0 amide bonds. The Labute approximate surface area is 97.8 Å². The maximum absolute atomic E-state index is 12.5. The van der Waals surface area contributed by atoms with Crippen LogP contribution in [0.1, 0.15) is 11.4 Å². The molecule has 2 aromatic rings. The molecule has 0 aliphatic heterocycles. The summed E-state index contributed by atoms with van der Waals surface area (Å²) in [5.74, 6) is 0.170. The fraction of sp³-hybridized carbons (Fsp3) is 0.250. The first kappa shape index (κ1) is 11.5. The average molecular weight is 270 g/mol. The Kier molecular flexibility index (Phi) is 2.71. The van der Waals surface area contributed by atoms with E-state index in [1.807, 2.05) is 0 Å². The van der Waals surface area contributed by atoms with Crippen molar-refractivity contribution >= 4 is 28.8 Å². The number of pyridine rings is 1. The van der Waals surface area contributed by atoms with Crippen LogP contribution in [0.25, 0.3) is 5.65 Å². The van der Waals surface area contributed by atoms with Gasteiger partial charge in [-0.2, -0.15) is 13.2 Å². The number of hydrogen-bond acceptors (Lipinski definition) is 2. The Balaban J connectivity index is 2.73. The van der Waals surface area contributed by atoms with Gasteiger partial charge in [-0.15, -0.1) is 21.8 Å². The standard InChI is InChI=1S/C8H4Cl2F3N3/c9-2-6-14-15-7-5(10)1-4(3-16(6)7)8(11,12)13/h1,3H,2H2. The number of halogens is 5. The van der Waals surface area contributed by atoms with Crippen molar-refractivity contribution in [3.63, 3.8) is 0 Å². The van der Waals surface area contributed by atoms with Crippen molar-refractivity contribution in [3.8, 4) is 0 Å². The van der Waals surface area contributed by atoms with Crippen LogP contribution in [0.4, 0.5) is 13.2 Å². The summed E-state index contributed by atoms with van der Waals surface area (Å²) in [6.07, 6.45) is -3.59. The third-order valence-corrected chi connectivity index (χ3v) is 2.49. The quantitative estimate of drug-likeness (QED) is 0.745. The van der Waals surface area contributed by atoms with Gasteiger partial charge in [0.2, 0.25) is 0 Å². The first-order chi connectivity index (χ1) is 7.43. The minimum Gasteiger partial charge on any atom is -0.284 e. The van der Waals surface area contributed by atoms with Crippen molar-refractivity contribution in [2.24, 2.45) is 0 Å². The number of alkyl halides is 4. The third kappa shape index (κ3) is 1.82. The molecular weight excluding hydrogens is 266 g/mol. The molecule has 3 nitrogen and oxygen atoms in total. The smallest absolute Gasteiger partial charge is 0.284 e. The third-order valence-electron chi connectivity index (χ3n) is 1.98. The normalized spacial score (nSPS) is 12.3. The predicted octanol–water partition coefficient (Wildman–Crippen LogP) is 3.14. The second-order valence-corrected chi connectivity index (χ2v) is 3.69. The lowest BCUT2D eigenvalue weighted by atomic mass is 10.3. The Morgan fingerprint density at radius 3 is 2.56 bits per heavy atom. The molecule has 2 heterocycles. The van der Waals surface area contributed by atoms with E-state index in [0.717, 1.165) is 16.7 Å². The molecular formula is C8H4Cl2F3N3. The molecule has 0 radical (unpaired) electrons. The van der Waals surface area contributed by atoms with Crippen molar-refractivity contribution < 1.29 is 13.2 Å². The van der Waals surface area contributed by atoms with Crippen molar-refractivity contribution in [1.82, 2.24) is 14.6 Å². The Morgan fingerprint density at radius 1 is 1.31 bits per heavy atom. The zero-order valence-electron chi connectivity index (χ0n) is 7.59. The van der Waals surface area contributed by atoms with Gasteiger partial charge >= 0.3 is 6.18 Å². The summed E-state index contributed by atoms with van der Waals surface area (Å²) in [7, 11) is 0. The number of fused-ring (bicyclic) bond motifs is 1. The maximum Gasteiger partial charge on any atom is 0.417 e. The average Bonchev–Trinajstić information content (AvgIpc) is 2.59. The van der Waals surface area contributed by atoms with E-state index in [0.29, 0.717) is 0 Å². The summed E-state index contributed by atoms with van der Waals surface area (Å²) in [6, 6.07) is 0.809. The van der Waals surface area contributed by atoms with E-state index in [1.165, 1.54) is 0 Å². The lowest BCUT2D eigenvalue weighted by Gasteiger charge is -2.08. The number of nitrogens with zero attached hydrogens (tertiary/aromatic N) is 3. The van der Waals surface area contributed by atoms with E-state index in [-0.39, 0.29) is 22.4 Å². The lowest BCUT2D eigenvalue weighted by molar-refractivity contribution is -0.137. The SMILES string of the molecule is FC(F)(F)c1cc(Cl)c2nnc(CCl)n2c1. The second-order valence-electron chi connectivity index (χ2n) is 3.02. The molecule has 8 heteroatoms. The molecule has 0 saturated carbocycles. The maximum atomic E-state index is 12.5. The van der Waals surface area contributed by atoms with Crippen LogP contribution >= 0.6 is 23.2 Å². The zero-order chi connectivity index (χ0) is 11.9. The van der Waals surface area contributed by atoms with Gasteiger partial charge in [0.15, 0.2) is 11.5 Å². The molecule has 0 aliphatic rings. The van der Waals surface area contributed by atoms with Crippen molar-refractivity contribution in [3.05, 3.63) is 28.7 Å². The molecule has 0 N–H and O–H groups in total. The van der Waals surface area contributed by atoms with Gasteiger partial charge in [0.05, 0.1) is 16.5 Å². The molecule has 2 rings (SSSR count). The summed E-state index contributed by atoms with van der Waals surface area (Å²) >= 11 is 11.2. The molecule has 2 aromatic heterocycles. The lowest BCUT2D eigenvalue weighted by Crippen LogP contribution is -2.07. The van der Waals surface area contributed by atoms with Crippen LogP contribution in [-0.4, -0.2) is 14.6 Å². The van der Waals surface area contributed by atoms with Crippen LogP contribution in [0.3, 0.4) is 0 Å². The van der Waals surface area contributed by atoms with Crippen molar-refractivity contribution in [2.75, 3.05) is 0 Å². The molecule has 0 aliphatic carbocycles. The van der Waals surface area contributed by atoms with Crippen LogP contribution < -0.4 is 0 Å². The predicted molar refractivity (Wildman–Crippen MR) is 52.6 cm³/mol. The molecule has 0 saturated heterocycles. The van der Waals surface area contributed by atoms with E-state index >= 15 is 0 Å². The van der Waals surface area contributed by atoms with E-state index < -0.39 is 11.7 Å². The highest BCUT2D eigenvalue weighted by atomic mass is 35.5. The molecule has 86 valence electrons. The minimum absolute atomic E-state index is 0.0429. The summed E-state index contributed by atoms with van der Waals surface area (Å²) < 4.78 is 38.6. The highest BCUT2D eigenvalue weighted by Gasteiger charge is 2.32. The minimum atomic E-state index is -4.47. The van der Waals surface area contributed by atoms with Gasteiger partial charge in [0.1, 0.15) is 0 Å². The monoisotopic (exact) mass is 269 g/mol. The summed E-state index contributed by atoms with van der Waals surface area (Å²) in [6.45, 7) is 0. The molecule has 0 aromatic carbocycles. The summed E-state index contributed by atoms with van der Waals surface area (Å²) in [5.41, 5.74) is -0.707. The van der Waals surface area contributed by atoms with Gasteiger partial charge in [-0.05, 0) is 6.07 Å². The van der Waals surface area contributed by atoms with Gasteiger partial charge in [-0.3, -0.25) is 4.40 Å². The van der Waals surface area contributed by atoms with Crippen LogP contribution in [0.2, 0.25) is 5.02 Å². The van der Waals surface area contributed by atoms with Gasteiger partial charge in [-0.1, -0.05) is 11.6 Å². The molecule has 0 spiro atoms. The highest BCUT2D eigenvalue weighted by molar-refractivity contribution is 6.33. The summed E-state index contributed by atoms with van der Waals surface area (Å²) in [4.78, 5) is 0. The van der Waals surface area contributed by atoms with E-state index in [4.69, 9.17) is 23.2 Å². The van der Waals surface area contributed by atoms with E-state index in [1.54, 1.807) is 0 Å². The second kappa shape index (κ2) is 3.78. The van der Waals surface area contributed by atoms with Gasteiger partial charge in [0, 0.05) is 6.20 Å². The largest absolute Gasteiger partial charge is 0.417 e. The zero-order valence-corrected chi connectivity index (χ0v) is 9.11. The van der Waals surface area contributed by atoms with Gasteiger partial charge in [0.25, 0.3) is 0 Å². The molecule has 0 atom stereocenters. The Hall–Kier alpha value is -1.01. The van der Waals surface area contributed by atoms with Crippen LogP contribution in [0.15, 0.2) is 12.3 Å². The van der Waals surface area contributed by atoms with Crippen LogP contribution in [0, 0.1) is 0 Å².